The van der Waals surface area contributed by atoms with Gasteiger partial charge in [-0.1, -0.05) is 13.8 Å². The van der Waals surface area contributed by atoms with Gasteiger partial charge in [-0.25, -0.2) is 4.39 Å². The van der Waals surface area contributed by atoms with E-state index in [1.807, 2.05) is 13.8 Å². The first-order valence-corrected chi connectivity index (χ1v) is 6.84. The minimum absolute atomic E-state index is 0.0596. The summed E-state index contributed by atoms with van der Waals surface area (Å²) in [4.78, 5) is 11.9. The van der Waals surface area contributed by atoms with E-state index >= 15 is 0 Å². The van der Waals surface area contributed by atoms with E-state index in [1.54, 1.807) is 0 Å². The van der Waals surface area contributed by atoms with Crippen molar-refractivity contribution in [3.05, 3.63) is 29.6 Å². The Morgan fingerprint density at radius 2 is 2.05 bits per heavy atom. The fourth-order valence-electron chi connectivity index (χ4n) is 1.79. The van der Waals surface area contributed by atoms with E-state index in [0.29, 0.717) is 12.4 Å². The standard InChI is InChI=1S/C14H19ClFNO2/c1-3-14(4-2,8-15)9-17-13(19)11-7-10(16)5-6-12(11)18/h5-7,18H,3-4,8-9H2,1-2H3,(H,17,19). The number of carbonyl (C=O) groups excluding carboxylic acids is 1. The predicted molar refractivity (Wildman–Crippen MR) is 74.1 cm³/mol. The monoisotopic (exact) mass is 287 g/mol. The molecule has 0 radical (unpaired) electrons. The minimum atomic E-state index is -0.558. The SMILES string of the molecule is CCC(CC)(CCl)CNC(=O)c1cc(F)ccc1O. The lowest BCUT2D eigenvalue weighted by atomic mass is 9.84. The molecule has 106 valence electrons. The molecule has 0 bridgehead atoms. The molecule has 0 aliphatic rings. The van der Waals surface area contributed by atoms with Crippen LogP contribution in [0.15, 0.2) is 18.2 Å². The fourth-order valence-corrected chi connectivity index (χ4v) is 2.26. The summed E-state index contributed by atoms with van der Waals surface area (Å²) in [6.07, 6.45) is 1.67. The van der Waals surface area contributed by atoms with Crippen LogP contribution in [0.5, 0.6) is 5.75 Å². The van der Waals surface area contributed by atoms with Gasteiger partial charge in [-0.2, -0.15) is 0 Å². The average molecular weight is 288 g/mol. The molecule has 0 aliphatic heterocycles. The number of amides is 1. The third-order valence-corrected chi connectivity index (χ3v) is 4.18. The molecule has 0 aliphatic carbocycles. The highest BCUT2D eigenvalue weighted by atomic mass is 35.5. The number of hydrogen-bond acceptors (Lipinski definition) is 2. The number of phenolic OH excluding ortho intramolecular Hbond substituents is 1. The molecule has 1 aromatic carbocycles. The molecule has 0 atom stereocenters. The Labute approximate surface area is 117 Å². The Kier molecular flexibility index (Phi) is 5.60. The van der Waals surface area contributed by atoms with E-state index < -0.39 is 11.7 Å². The molecule has 0 aromatic heterocycles. The normalized spacial score (nSPS) is 11.4. The minimum Gasteiger partial charge on any atom is -0.507 e. The number of hydrogen-bond donors (Lipinski definition) is 2. The quantitative estimate of drug-likeness (QED) is 0.789. The third-order valence-electron chi connectivity index (χ3n) is 3.61. The lowest BCUT2D eigenvalue weighted by Gasteiger charge is -2.29. The maximum Gasteiger partial charge on any atom is 0.255 e. The number of alkyl halides is 1. The van der Waals surface area contributed by atoms with Gasteiger partial charge in [-0.3, -0.25) is 4.79 Å². The van der Waals surface area contributed by atoms with E-state index in [1.165, 1.54) is 6.07 Å². The Morgan fingerprint density at radius 1 is 1.42 bits per heavy atom. The van der Waals surface area contributed by atoms with Gasteiger partial charge in [-0.15, -0.1) is 11.6 Å². The molecular formula is C14H19ClFNO2. The van der Waals surface area contributed by atoms with Crippen molar-refractivity contribution in [1.29, 1.82) is 0 Å². The van der Waals surface area contributed by atoms with Crippen LogP contribution in [0.3, 0.4) is 0 Å². The molecule has 0 saturated carbocycles. The second-order valence-electron chi connectivity index (χ2n) is 4.68. The molecule has 5 heteroatoms. The second kappa shape index (κ2) is 6.75. The number of halogens is 2. The van der Waals surface area contributed by atoms with Crippen LogP contribution in [0.1, 0.15) is 37.0 Å². The zero-order chi connectivity index (χ0) is 14.5. The topological polar surface area (TPSA) is 49.3 Å². The number of aromatic hydroxyl groups is 1. The van der Waals surface area contributed by atoms with Gasteiger partial charge in [0.1, 0.15) is 11.6 Å². The van der Waals surface area contributed by atoms with Gasteiger partial charge >= 0.3 is 0 Å². The van der Waals surface area contributed by atoms with Crippen LogP contribution in [0, 0.1) is 11.2 Å². The second-order valence-corrected chi connectivity index (χ2v) is 4.95. The van der Waals surface area contributed by atoms with E-state index in [9.17, 15) is 14.3 Å². The summed E-state index contributed by atoms with van der Waals surface area (Å²) in [5.74, 6) is -0.843. The zero-order valence-corrected chi connectivity index (χ0v) is 11.9. The Balaban J connectivity index is 2.77. The largest absolute Gasteiger partial charge is 0.507 e. The van der Waals surface area contributed by atoms with E-state index in [0.717, 1.165) is 25.0 Å². The van der Waals surface area contributed by atoms with Crippen LogP contribution < -0.4 is 5.32 Å². The Morgan fingerprint density at radius 3 is 2.58 bits per heavy atom. The van der Waals surface area contributed by atoms with Crippen molar-refractivity contribution < 1.29 is 14.3 Å². The fraction of sp³-hybridized carbons (Fsp3) is 0.500. The number of carbonyl (C=O) groups is 1. The molecule has 0 spiro atoms. The summed E-state index contributed by atoms with van der Waals surface area (Å²) >= 11 is 5.95. The summed E-state index contributed by atoms with van der Waals surface area (Å²) in [5, 5.41) is 12.3. The van der Waals surface area contributed by atoms with Crippen molar-refractivity contribution in [1.82, 2.24) is 5.32 Å². The van der Waals surface area contributed by atoms with Gasteiger partial charge in [0.2, 0.25) is 0 Å². The summed E-state index contributed by atoms with van der Waals surface area (Å²) in [7, 11) is 0. The molecule has 2 N–H and O–H groups in total. The lowest BCUT2D eigenvalue weighted by Crippen LogP contribution is -2.38. The summed E-state index contributed by atoms with van der Waals surface area (Å²) in [5.41, 5.74) is -0.226. The summed E-state index contributed by atoms with van der Waals surface area (Å²) < 4.78 is 13.1. The molecule has 3 nitrogen and oxygen atoms in total. The van der Waals surface area contributed by atoms with Gasteiger partial charge in [-0.05, 0) is 31.0 Å². The molecule has 0 saturated heterocycles. The molecular weight excluding hydrogens is 269 g/mol. The van der Waals surface area contributed by atoms with Gasteiger partial charge in [0.25, 0.3) is 5.91 Å². The predicted octanol–water partition coefficient (Wildman–Crippen LogP) is 3.31. The van der Waals surface area contributed by atoms with Crippen molar-refractivity contribution in [2.75, 3.05) is 12.4 Å². The van der Waals surface area contributed by atoms with Crippen LogP contribution in [0.4, 0.5) is 4.39 Å². The third kappa shape index (κ3) is 3.83. The van der Waals surface area contributed by atoms with Gasteiger partial charge < -0.3 is 10.4 Å². The molecule has 0 heterocycles. The highest BCUT2D eigenvalue weighted by Gasteiger charge is 2.26. The van der Waals surface area contributed by atoms with Gasteiger partial charge in [0, 0.05) is 17.8 Å². The molecule has 1 amide bonds. The zero-order valence-electron chi connectivity index (χ0n) is 11.2. The highest BCUT2D eigenvalue weighted by Crippen LogP contribution is 2.27. The Bertz CT molecular complexity index is 439. The number of nitrogens with one attached hydrogen (secondary N) is 1. The lowest BCUT2D eigenvalue weighted by molar-refractivity contribution is 0.0928. The number of benzene rings is 1. The van der Waals surface area contributed by atoms with E-state index in [2.05, 4.69) is 5.32 Å². The van der Waals surface area contributed by atoms with E-state index in [-0.39, 0.29) is 16.7 Å². The van der Waals surface area contributed by atoms with Crippen LogP contribution in [0.2, 0.25) is 0 Å². The average Bonchev–Trinajstić information content (AvgIpc) is 2.43. The highest BCUT2D eigenvalue weighted by molar-refractivity contribution is 6.18. The van der Waals surface area contributed by atoms with E-state index in [4.69, 9.17) is 11.6 Å². The van der Waals surface area contributed by atoms with Crippen LogP contribution in [0.25, 0.3) is 0 Å². The first-order valence-electron chi connectivity index (χ1n) is 6.30. The van der Waals surface area contributed by atoms with Crippen LogP contribution in [-0.4, -0.2) is 23.4 Å². The van der Waals surface area contributed by atoms with Gasteiger partial charge in [0.15, 0.2) is 0 Å². The van der Waals surface area contributed by atoms with Crippen molar-refractivity contribution in [3.63, 3.8) is 0 Å². The molecule has 19 heavy (non-hydrogen) atoms. The molecule has 1 rings (SSSR count). The van der Waals surface area contributed by atoms with Crippen molar-refractivity contribution in [3.8, 4) is 5.75 Å². The Hall–Kier alpha value is -1.29. The number of rotatable bonds is 6. The number of phenols is 1. The molecule has 0 fully saturated rings. The molecule has 1 aromatic rings. The van der Waals surface area contributed by atoms with Crippen molar-refractivity contribution in [2.24, 2.45) is 5.41 Å². The molecule has 0 unspecified atom stereocenters. The van der Waals surface area contributed by atoms with Gasteiger partial charge in [0.05, 0.1) is 5.56 Å². The van der Waals surface area contributed by atoms with Crippen molar-refractivity contribution in [2.45, 2.75) is 26.7 Å². The van der Waals surface area contributed by atoms with Crippen LogP contribution in [-0.2, 0) is 0 Å². The van der Waals surface area contributed by atoms with Crippen molar-refractivity contribution >= 4 is 17.5 Å². The smallest absolute Gasteiger partial charge is 0.255 e. The maximum absolute atomic E-state index is 13.1. The summed E-state index contributed by atoms with van der Waals surface area (Å²) in [6.45, 7) is 4.42. The summed E-state index contributed by atoms with van der Waals surface area (Å²) in [6, 6.07) is 3.29. The van der Waals surface area contributed by atoms with Crippen LogP contribution >= 0.6 is 11.6 Å². The maximum atomic E-state index is 13.1. The first kappa shape index (κ1) is 15.8. The first-order chi connectivity index (χ1) is 8.98.